The molecular formula is C12H16N2OS. The number of fused-ring (bicyclic) bond motifs is 2. The van der Waals surface area contributed by atoms with E-state index in [0.29, 0.717) is 0 Å². The number of nitrogens with zero attached hydrogens (tertiary/aromatic N) is 2. The maximum absolute atomic E-state index is 12.3. The SMILES string of the molecule is CN1c2ccsc2C(=O)N2CCCCCC21. The molecule has 1 aromatic rings. The molecule has 16 heavy (non-hydrogen) atoms. The third-order valence-electron chi connectivity index (χ3n) is 3.65. The lowest BCUT2D eigenvalue weighted by molar-refractivity contribution is 0.0668. The van der Waals surface area contributed by atoms with Crippen LogP contribution in [-0.4, -0.2) is 30.6 Å². The van der Waals surface area contributed by atoms with Gasteiger partial charge in [-0.25, -0.2) is 0 Å². The fourth-order valence-electron chi connectivity index (χ4n) is 2.76. The van der Waals surface area contributed by atoms with E-state index in [1.165, 1.54) is 12.8 Å². The summed E-state index contributed by atoms with van der Waals surface area (Å²) >= 11 is 1.57. The van der Waals surface area contributed by atoms with Gasteiger partial charge in [-0.1, -0.05) is 6.42 Å². The molecule has 1 saturated heterocycles. The fourth-order valence-corrected chi connectivity index (χ4v) is 3.65. The third kappa shape index (κ3) is 1.36. The molecule has 0 aliphatic carbocycles. The van der Waals surface area contributed by atoms with Gasteiger partial charge in [-0.3, -0.25) is 4.79 Å². The quantitative estimate of drug-likeness (QED) is 0.691. The van der Waals surface area contributed by atoms with Gasteiger partial charge >= 0.3 is 0 Å². The van der Waals surface area contributed by atoms with E-state index in [2.05, 4.69) is 22.9 Å². The number of carbonyl (C=O) groups is 1. The van der Waals surface area contributed by atoms with Gasteiger partial charge in [0.1, 0.15) is 11.0 Å². The van der Waals surface area contributed by atoms with Gasteiger partial charge in [0.25, 0.3) is 5.91 Å². The van der Waals surface area contributed by atoms with Crippen molar-refractivity contribution in [1.82, 2.24) is 4.90 Å². The highest BCUT2D eigenvalue weighted by Gasteiger charge is 2.36. The van der Waals surface area contributed by atoms with Crippen molar-refractivity contribution in [3.05, 3.63) is 16.3 Å². The second-order valence-corrected chi connectivity index (χ2v) is 5.49. The molecule has 3 nitrogen and oxygen atoms in total. The lowest BCUT2D eigenvalue weighted by Crippen LogP contribution is -2.52. The van der Waals surface area contributed by atoms with Crippen LogP contribution in [-0.2, 0) is 0 Å². The van der Waals surface area contributed by atoms with Crippen molar-refractivity contribution in [1.29, 1.82) is 0 Å². The fraction of sp³-hybridized carbons (Fsp3) is 0.583. The van der Waals surface area contributed by atoms with E-state index in [4.69, 9.17) is 0 Å². The Morgan fingerprint density at radius 2 is 2.25 bits per heavy atom. The summed E-state index contributed by atoms with van der Waals surface area (Å²) in [6.07, 6.45) is 5.03. The van der Waals surface area contributed by atoms with Gasteiger partial charge in [0, 0.05) is 13.6 Å². The summed E-state index contributed by atoms with van der Waals surface area (Å²) in [5, 5.41) is 2.02. The van der Waals surface area contributed by atoms with E-state index in [9.17, 15) is 4.79 Å². The number of hydrogen-bond donors (Lipinski definition) is 0. The molecule has 0 saturated carbocycles. The lowest BCUT2D eigenvalue weighted by Gasteiger charge is -2.41. The monoisotopic (exact) mass is 236 g/mol. The largest absolute Gasteiger partial charge is 0.353 e. The Morgan fingerprint density at radius 1 is 1.38 bits per heavy atom. The Bertz CT molecular complexity index is 415. The van der Waals surface area contributed by atoms with Gasteiger partial charge in [-0.2, -0.15) is 0 Å². The van der Waals surface area contributed by atoms with Crippen LogP contribution >= 0.6 is 11.3 Å². The van der Waals surface area contributed by atoms with Gasteiger partial charge in [0.2, 0.25) is 0 Å². The molecule has 4 heteroatoms. The molecule has 2 aliphatic heterocycles. The smallest absolute Gasteiger partial charge is 0.267 e. The molecular weight excluding hydrogens is 220 g/mol. The molecule has 0 aromatic carbocycles. The van der Waals surface area contributed by atoms with Gasteiger partial charge < -0.3 is 9.80 Å². The highest BCUT2D eigenvalue weighted by Crippen LogP contribution is 2.36. The van der Waals surface area contributed by atoms with Crippen LogP contribution in [0.4, 0.5) is 5.69 Å². The maximum atomic E-state index is 12.3. The van der Waals surface area contributed by atoms with Crippen molar-refractivity contribution in [2.45, 2.75) is 31.8 Å². The van der Waals surface area contributed by atoms with Crippen molar-refractivity contribution in [3.63, 3.8) is 0 Å². The van der Waals surface area contributed by atoms with Gasteiger partial charge in [-0.15, -0.1) is 11.3 Å². The van der Waals surface area contributed by atoms with E-state index in [0.717, 1.165) is 30.0 Å². The van der Waals surface area contributed by atoms with Crippen LogP contribution in [0.5, 0.6) is 0 Å². The Labute approximate surface area is 99.7 Å². The minimum absolute atomic E-state index is 0.245. The molecule has 0 N–H and O–H groups in total. The van der Waals surface area contributed by atoms with E-state index >= 15 is 0 Å². The zero-order chi connectivity index (χ0) is 11.1. The normalized spacial score (nSPS) is 25.1. The second-order valence-electron chi connectivity index (χ2n) is 4.57. The first-order chi connectivity index (χ1) is 7.79. The summed E-state index contributed by atoms with van der Waals surface area (Å²) in [4.78, 5) is 17.6. The van der Waals surface area contributed by atoms with Gasteiger partial charge in [0.15, 0.2) is 0 Å². The lowest BCUT2D eigenvalue weighted by atomic mass is 10.1. The Hall–Kier alpha value is -1.03. The third-order valence-corrected chi connectivity index (χ3v) is 4.54. The molecule has 3 heterocycles. The second kappa shape index (κ2) is 3.77. The zero-order valence-corrected chi connectivity index (χ0v) is 10.3. The first-order valence-corrected chi connectivity index (χ1v) is 6.78. The Balaban J connectivity index is 2.03. The predicted octanol–water partition coefficient (Wildman–Crippen LogP) is 2.54. The Kier molecular flexibility index (Phi) is 2.39. The van der Waals surface area contributed by atoms with Gasteiger partial charge in [-0.05, 0) is 30.7 Å². The van der Waals surface area contributed by atoms with Crippen LogP contribution in [0.3, 0.4) is 0 Å². The highest BCUT2D eigenvalue weighted by molar-refractivity contribution is 7.12. The summed E-state index contributed by atoms with van der Waals surface area (Å²) in [7, 11) is 2.11. The molecule has 0 radical (unpaired) electrons. The van der Waals surface area contributed by atoms with Crippen LogP contribution in [0, 0.1) is 0 Å². The highest BCUT2D eigenvalue weighted by atomic mass is 32.1. The summed E-state index contributed by atoms with van der Waals surface area (Å²) in [6, 6.07) is 2.07. The van der Waals surface area contributed by atoms with Crippen molar-refractivity contribution >= 4 is 22.9 Å². The number of thiophene rings is 1. The minimum atomic E-state index is 0.245. The van der Waals surface area contributed by atoms with Crippen LogP contribution in [0.25, 0.3) is 0 Å². The first kappa shape index (κ1) is 10.1. The van der Waals surface area contributed by atoms with Gasteiger partial charge in [0.05, 0.1) is 5.69 Å². The number of rotatable bonds is 0. The standard InChI is InChI=1S/C12H16N2OS/c1-13-9-6-8-16-11(9)12(15)14-7-4-2-3-5-10(13)14/h6,8,10H,2-5,7H2,1H3. The van der Waals surface area contributed by atoms with Crippen molar-refractivity contribution in [2.24, 2.45) is 0 Å². The molecule has 0 bridgehead atoms. The van der Waals surface area contributed by atoms with E-state index in [1.54, 1.807) is 11.3 Å². The molecule has 1 fully saturated rings. The summed E-state index contributed by atoms with van der Waals surface area (Å²) in [6.45, 7) is 0.922. The molecule has 86 valence electrons. The minimum Gasteiger partial charge on any atom is -0.353 e. The van der Waals surface area contributed by atoms with Crippen molar-refractivity contribution < 1.29 is 4.79 Å². The van der Waals surface area contributed by atoms with E-state index in [1.807, 2.05) is 5.38 Å². The average Bonchev–Trinajstić information content (AvgIpc) is 2.64. The van der Waals surface area contributed by atoms with Crippen molar-refractivity contribution in [2.75, 3.05) is 18.5 Å². The van der Waals surface area contributed by atoms with Crippen LogP contribution in [0.2, 0.25) is 0 Å². The van der Waals surface area contributed by atoms with Crippen LogP contribution < -0.4 is 4.90 Å². The first-order valence-electron chi connectivity index (χ1n) is 5.90. The number of amides is 1. The Morgan fingerprint density at radius 3 is 3.12 bits per heavy atom. The molecule has 2 aliphatic rings. The number of hydrogen-bond acceptors (Lipinski definition) is 3. The number of anilines is 1. The maximum Gasteiger partial charge on any atom is 0.267 e. The molecule has 1 unspecified atom stereocenters. The topological polar surface area (TPSA) is 23.6 Å². The summed E-state index contributed by atoms with van der Waals surface area (Å²) in [5.74, 6) is 0.245. The van der Waals surface area contributed by atoms with Crippen LogP contribution in [0.15, 0.2) is 11.4 Å². The van der Waals surface area contributed by atoms with Crippen molar-refractivity contribution in [3.8, 4) is 0 Å². The number of carbonyl (C=O) groups excluding carboxylic acids is 1. The summed E-state index contributed by atoms with van der Waals surface area (Å²) < 4.78 is 0. The van der Waals surface area contributed by atoms with E-state index in [-0.39, 0.29) is 12.1 Å². The molecule has 3 rings (SSSR count). The molecule has 1 aromatic heterocycles. The molecule has 1 atom stereocenters. The molecule has 1 amide bonds. The zero-order valence-electron chi connectivity index (χ0n) is 9.48. The predicted molar refractivity (Wildman–Crippen MR) is 66.0 cm³/mol. The van der Waals surface area contributed by atoms with E-state index < -0.39 is 0 Å². The summed E-state index contributed by atoms with van der Waals surface area (Å²) in [5.41, 5.74) is 1.12. The average molecular weight is 236 g/mol. The van der Waals surface area contributed by atoms with Crippen LogP contribution in [0.1, 0.15) is 35.4 Å². The molecule has 0 spiro atoms.